The topological polar surface area (TPSA) is 66.4 Å². The molecule has 2 aromatic carbocycles. The fourth-order valence-electron chi connectivity index (χ4n) is 5.46. The fraction of sp³-hybridized carbons (Fsp3) is 0.375. The van der Waals surface area contributed by atoms with E-state index in [-0.39, 0.29) is 17.4 Å². The molecule has 3 aromatic rings. The molecule has 2 aliphatic heterocycles. The monoisotopic (exact) mass is 630 g/mol. The second-order valence-corrected chi connectivity index (χ2v) is 12.6. The van der Waals surface area contributed by atoms with E-state index in [0.29, 0.717) is 77.8 Å². The Morgan fingerprint density at radius 3 is 2.42 bits per heavy atom. The van der Waals surface area contributed by atoms with E-state index in [9.17, 15) is 22.8 Å². The summed E-state index contributed by atoms with van der Waals surface area (Å²) in [5, 5.41) is 8.32. The zero-order chi connectivity index (χ0) is 30.9. The molecule has 6 nitrogen and oxygen atoms in total. The van der Waals surface area contributed by atoms with E-state index in [0.717, 1.165) is 17.7 Å². The molecule has 1 unspecified atom stereocenters. The number of nitrogens with zero attached hydrogens (tertiary/aromatic N) is 2. The molecular formula is C32H34ClF3N4O2S. The zero-order valence-corrected chi connectivity index (χ0v) is 25.8. The quantitative estimate of drug-likeness (QED) is 0.306. The van der Waals surface area contributed by atoms with Crippen molar-refractivity contribution in [3.63, 3.8) is 0 Å². The smallest absolute Gasteiger partial charge is 0.368 e. The van der Waals surface area contributed by atoms with E-state index in [1.807, 2.05) is 17.9 Å². The summed E-state index contributed by atoms with van der Waals surface area (Å²) in [5.41, 5.74) is 3.24. The number of thioether (sulfide) groups is 1. The van der Waals surface area contributed by atoms with E-state index in [1.165, 1.54) is 23.9 Å². The lowest BCUT2D eigenvalue weighted by Crippen LogP contribution is -2.47. The number of rotatable bonds is 7. The molecule has 2 N–H and O–H groups in total. The Bertz CT molecular complexity index is 1600. The molecule has 0 saturated carbocycles. The van der Waals surface area contributed by atoms with Crippen LogP contribution in [0.1, 0.15) is 64.5 Å². The van der Waals surface area contributed by atoms with E-state index in [2.05, 4.69) is 24.5 Å². The Balaban J connectivity index is 1.64. The molecule has 0 bridgehead atoms. The van der Waals surface area contributed by atoms with Crippen molar-refractivity contribution in [2.75, 3.05) is 26.2 Å². The molecular weight excluding hydrogens is 597 g/mol. The number of halogens is 4. The summed E-state index contributed by atoms with van der Waals surface area (Å²) in [6.07, 6.45) is -3.28. The van der Waals surface area contributed by atoms with Crippen molar-refractivity contribution in [1.82, 2.24) is 20.1 Å². The van der Waals surface area contributed by atoms with Crippen LogP contribution in [-0.2, 0) is 19.0 Å². The number of aryl methyl sites for hydroxylation is 1. The molecule has 0 aliphatic carbocycles. The van der Waals surface area contributed by atoms with Gasteiger partial charge in [-0.2, -0.15) is 13.2 Å². The first kappa shape index (κ1) is 31.2. The van der Waals surface area contributed by atoms with Crippen LogP contribution in [0.2, 0.25) is 5.02 Å². The molecule has 11 heteroatoms. The number of benzene rings is 2. The highest BCUT2D eigenvalue weighted by Gasteiger charge is 2.32. The third-order valence-electron chi connectivity index (χ3n) is 7.65. The molecule has 228 valence electrons. The minimum absolute atomic E-state index is 0.133. The standard InChI is InChI=1S/C32H34ClF3N4O2S/c1-4-20-7-10-23(33)16-27(20)40-28(15-19(2)3)24(30(41)39-13-11-37-12-14-39)17-25(31(40)42)29-38-26(18-43-29)21-5-8-22(9-6-21)32(34,35)36/h5-10,16-19,29,37-38H,4,11-15H2,1-3H3. The molecule has 1 saturated heterocycles. The highest BCUT2D eigenvalue weighted by atomic mass is 35.5. The maximum atomic E-state index is 14.5. The lowest BCUT2D eigenvalue weighted by Gasteiger charge is -2.30. The highest BCUT2D eigenvalue weighted by Crippen LogP contribution is 2.38. The van der Waals surface area contributed by atoms with E-state index < -0.39 is 17.1 Å². The van der Waals surface area contributed by atoms with Crippen molar-refractivity contribution < 1.29 is 18.0 Å². The number of carbonyl (C=O) groups is 1. The summed E-state index contributed by atoms with van der Waals surface area (Å²) in [6.45, 7) is 8.60. The molecule has 3 heterocycles. The number of alkyl halides is 3. The predicted octanol–water partition coefficient (Wildman–Crippen LogP) is 6.65. The Hall–Kier alpha value is -3.21. The Labute approximate surface area is 258 Å². The van der Waals surface area contributed by atoms with Crippen molar-refractivity contribution >= 4 is 35.0 Å². The Kier molecular flexibility index (Phi) is 9.29. The Morgan fingerprint density at radius 1 is 1.09 bits per heavy atom. The summed E-state index contributed by atoms with van der Waals surface area (Å²) in [4.78, 5) is 30.4. The normalized spacial score (nSPS) is 17.3. The molecule has 2 aliphatic rings. The largest absolute Gasteiger partial charge is 0.416 e. The summed E-state index contributed by atoms with van der Waals surface area (Å²) in [7, 11) is 0. The lowest BCUT2D eigenvalue weighted by molar-refractivity contribution is -0.137. The number of hydrogen-bond acceptors (Lipinski definition) is 5. The van der Waals surface area contributed by atoms with Gasteiger partial charge in [0, 0.05) is 42.6 Å². The molecule has 1 aromatic heterocycles. The van der Waals surface area contributed by atoms with E-state index >= 15 is 0 Å². The van der Waals surface area contributed by atoms with Gasteiger partial charge >= 0.3 is 6.18 Å². The molecule has 5 rings (SSSR count). The van der Waals surface area contributed by atoms with Crippen LogP contribution < -0.4 is 16.2 Å². The van der Waals surface area contributed by atoms with Gasteiger partial charge in [0.15, 0.2) is 0 Å². The van der Waals surface area contributed by atoms with Gasteiger partial charge in [0.25, 0.3) is 11.5 Å². The second kappa shape index (κ2) is 12.8. The van der Waals surface area contributed by atoms with Crippen LogP contribution >= 0.6 is 23.4 Å². The van der Waals surface area contributed by atoms with Gasteiger partial charge in [-0.25, -0.2) is 0 Å². The number of pyridine rings is 1. The van der Waals surface area contributed by atoms with Crippen LogP contribution in [0.25, 0.3) is 11.4 Å². The SMILES string of the molecule is CCc1ccc(Cl)cc1-n1c(CC(C)C)c(C(=O)N2CCNCC2)cc(C2NC(c3ccc(C(F)(F)F)cc3)=CS2)c1=O. The van der Waals surface area contributed by atoms with Gasteiger partial charge in [-0.15, -0.1) is 11.8 Å². The molecule has 43 heavy (non-hydrogen) atoms. The lowest BCUT2D eigenvalue weighted by atomic mass is 9.98. The van der Waals surface area contributed by atoms with Crippen molar-refractivity contribution in [2.24, 2.45) is 5.92 Å². The van der Waals surface area contributed by atoms with Crippen molar-refractivity contribution in [3.05, 3.63) is 103 Å². The van der Waals surface area contributed by atoms with Gasteiger partial charge in [-0.3, -0.25) is 14.2 Å². The van der Waals surface area contributed by atoms with Crippen LogP contribution in [-0.4, -0.2) is 41.6 Å². The van der Waals surface area contributed by atoms with Gasteiger partial charge in [-0.05, 0) is 65.6 Å². The van der Waals surface area contributed by atoms with Crippen LogP contribution in [0.4, 0.5) is 13.2 Å². The van der Waals surface area contributed by atoms with Crippen molar-refractivity contribution in [3.8, 4) is 5.69 Å². The predicted molar refractivity (Wildman–Crippen MR) is 167 cm³/mol. The third kappa shape index (κ3) is 6.66. The van der Waals surface area contributed by atoms with E-state index in [1.54, 1.807) is 28.2 Å². The average molecular weight is 631 g/mol. The van der Waals surface area contributed by atoms with E-state index in [4.69, 9.17) is 11.6 Å². The maximum absolute atomic E-state index is 14.5. The van der Waals surface area contributed by atoms with Gasteiger partial charge in [-0.1, -0.05) is 50.6 Å². The summed E-state index contributed by atoms with van der Waals surface area (Å²) in [6, 6.07) is 12.1. The van der Waals surface area contributed by atoms with Crippen molar-refractivity contribution in [2.45, 2.75) is 45.2 Å². The fourth-order valence-corrected chi connectivity index (χ4v) is 6.61. The van der Waals surface area contributed by atoms with Gasteiger partial charge in [0.05, 0.1) is 22.4 Å². The maximum Gasteiger partial charge on any atom is 0.416 e. The van der Waals surface area contributed by atoms with Crippen LogP contribution in [0.5, 0.6) is 0 Å². The summed E-state index contributed by atoms with van der Waals surface area (Å²) in [5.74, 6) is 0.0217. The van der Waals surface area contributed by atoms with Crippen molar-refractivity contribution in [1.29, 1.82) is 0 Å². The number of amides is 1. The first-order valence-corrected chi connectivity index (χ1v) is 15.7. The van der Waals surface area contributed by atoms with Crippen LogP contribution in [0.3, 0.4) is 0 Å². The minimum atomic E-state index is -4.43. The van der Waals surface area contributed by atoms with Gasteiger partial charge in [0.2, 0.25) is 0 Å². The molecule has 0 spiro atoms. The second-order valence-electron chi connectivity index (χ2n) is 11.1. The molecule has 1 amide bonds. The minimum Gasteiger partial charge on any atom is -0.368 e. The molecule has 1 atom stereocenters. The highest BCUT2D eigenvalue weighted by molar-refractivity contribution is 8.02. The number of hydrogen-bond donors (Lipinski definition) is 2. The number of piperazine rings is 1. The third-order valence-corrected chi connectivity index (χ3v) is 8.90. The number of nitrogens with one attached hydrogen (secondary N) is 2. The Morgan fingerprint density at radius 2 is 1.79 bits per heavy atom. The zero-order valence-electron chi connectivity index (χ0n) is 24.2. The number of carbonyl (C=O) groups excluding carboxylic acids is 1. The van der Waals surface area contributed by atoms with Crippen LogP contribution in [0.15, 0.2) is 58.7 Å². The van der Waals surface area contributed by atoms with Gasteiger partial charge in [0.1, 0.15) is 5.37 Å². The first-order valence-electron chi connectivity index (χ1n) is 14.3. The summed E-state index contributed by atoms with van der Waals surface area (Å²) < 4.78 is 41.0. The summed E-state index contributed by atoms with van der Waals surface area (Å²) >= 11 is 7.80. The first-order chi connectivity index (χ1) is 20.5. The molecule has 1 fully saturated rings. The number of aromatic nitrogens is 1. The molecule has 0 radical (unpaired) electrons. The van der Waals surface area contributed by atoms with Crippen LogP contribution in [0, 0.1) is 5.92 Å². The van der Waals surface area contributed by atoms with Gasteiger partial charge < -0.3 is 15.5 Å². The average Bonchev–Trinajstić information content (AvgIpc) is 3.47.